The average Bonchev–Trinajstić information content (AvgIpc) is 2.95. The standard InChI is InChI=1S/C28H34N6O4/c1-7-9-15-33-25-27(31-23-19(37-5)13-11-17(35-3)21(23)29-25)34(16-10-8-2)28-26(33)30-22-18(36-4)12-14-20(38-6)24(22)32-28/h11-14H,7-10,15-16H2,1-6H3. The van der Waals surface area contributed by atoms with Gasteiger partial charge in [0, 0.05) is 13.1 Å². The minimum Gasteiger partial charge on any atom is -0.494 e. The Morgan fingerprint density at radius 1 is 0.500 bits per heavy atom. The van der Waals surface area contributed by atoms with Crippen molar-refractivity contribution in [3.05, 3.63) is 24.3 Å². The fourth-order valence-electron chi connectivity index (χ4n) is 4.78. The zero-order valence-electron chi connectivity index (χ0n) is 22.9. The van der Waals surface area contributed by atoms with E-state index in [0.717, 1.165) is 49.0 Å². The lowest BCUT2D eigenvalue weighted by Gasteiger charge is -2.37. The molecule has 0 bridgehead atoms. The molecule has 0 fully saturated rings. The van der Waals surface area contributed by atoms with E-state index in [2.05, 4.69) is 23.6 Å². The van der Waals surface area contributed by atoms with Crippen LogP contribution in [0.4, 0.5) is 23.3 Å². The molecule has 0 spiro atoms. The third-order valence-electron chi connectivity index (χ3n) is 6.80. The number of aromatic nitrogens is 4. The number of benzene rings is 2. The van der Waals surface area contributed by atoms with Gasteiger partial charge in [0.25, 0.3) is 0 Å². The normalized spacial score (nSPS) is 12.5. The Balaban J connectivity index is 1.85. The van der Waals surface area contributed by atoms with Gasteiger partial charge in [0.05, 0.1) is 28.4 Å². The maximum absolute atomic E-state index is 5.66. The number of rotatable bonds is 10. The summed E-state index contributed by atoms with van der Waals surface area (Å²) in [5.74, 6) is 5.41. The zero-order chi connectivity index (χ0) is 26.8. The first-order valence-electron chi connectivity index (χ1n) is 13.0. The van der Waals surface area contributed by atoms with Crippen molar-refractivity contribution < 1.29 is 18.9 Å². The molecule has 3 heterocycles. The Bertz CT molecular complexity index is 1270. The van der Waals surface area contributed by atoms with Gasteiger partial charge in [-0.2, -0.15) is 0 Å². The van der Waals surface area contributed by atoms with Crippen LogP contribution in [0.25, 0.3) is 22.1 Å². The minimum absolute atomic E-state index is 0.633. The summed E-state index contributed by atoms with van der Waals surface area (Å²) in [6.45, 7) is 5.74. The van der Waals surface area contributed by atoms with Crippen molar-refractivity contribution in [1.82, 2.24) is 19.9 Å². The number of methoxy groups -OCH3 is 4. The molecule has 1 aliphatic heterocycles. The van der Waals surface area contributed by atoms with Crippen molar-refractivity contribution >= 4 is 45.3 Å². The third kappa shape index (κ3) is 4.13. The van der Waals surface area contributed by atoms with Gasteiger partial charge in [-0.1, -0.05) is 26.7 Å². The molecule has 4 aromatic rings. The predicted octanol–water partition coefficient (Wildman–Crippen LogP) is 5.80. The second kappa shape index (κ2) is 10.7. The highest BCUT2D eigenvalue weighted by molar-refractivity contribution is 5.98. The van der Waals surface area contributed by atoms with Crippen LogP contribution in [0, 0.1) is 0 Å². The SMILES string of the molecule is CCCCN1c2nc3c(OC)ccc(OC)c3nc2N(CCCC)c2nc3c(OC)ccc(OC)c3nc21. The highest BCUT2D eigenvalue weighted by atomic mass is 16.5. The quantitative estimate of drug-likeness (QED) is 0.256. The average molecular weight is 519 g/mol. The van der Waals surface area contributed by atoms with Gasteiger partial charge in [-0.05, 0) is 37.1 Å². The largest absolute Gasteiger partial charge is 0.494 e. The third-order valence-corrected chi connectivity index (χ3v) is 6.80. The smallest absolute Gasteiger partial charge is 0.178 e. The molecule has 10 heteroatoms. The number of nitrogens with zero attached hydrogens (tertiary/aromatic N) is 6. The number of hydrogen-bond donors (Lipinski definition) is 0. The van der Waals surface area contributed by atoms with E-state index in [1.807, 2.05) is 24.3 Å². The first-order chi connectivity index (χ1) is 18.6. The fraction of sp³-hybridized carbons (Fsp3) is 0.429. The number of hydrogen-bond acceptors (Lipinski definition) is 10. The molecule has 5 rings (SSSR count). The summed E-state index contributed by atoms with van der Waals surface area (Å²) in [6.07, 6.45) is 3.91. The van der Waals surface area contributed by atoms with E-state index < -0.39 is 0 Å². The molecule has 0 saturated carbocycles. The van der Waals surface area contributed by atoms with E-state index in [-0.39, 0.29) is 0 Å². The summed E-state index contributed by atoms with van der Waals surface area (Å²) in [5.41, 5.74) is 2.55. The van der Waals surface area contributed by atoms with Crippen molar-refractivity contribution in [2.75, 3.05) is 51.3 Å². The molecule has 2 aromatic carbocycles. The van der Waals surface area contributed by atoms with Crippen LogP contribution in [0.1, 0.15) is 39.5 Å². The van der Waals surface area contributed by atoms with Crippen LogP contribution in [0.15, 0.2) is 24.3 Å². The molecule has 1 aliphatic rings. The summed E-state index contributed by atoms with van der Waals surface area (Å²) in [5, 5.41) is 0. The van der Waals surface area contributed by atoms with Crippen LogP contribution < -0.4 is 28.7 Å². The fourth-order valence-corrected chi connectivity index (χ4v) is 4.78. The Labute approximate surface area is 222 Å². The second-order valence-corrected chi connectivity index (χ2v) is 9.09. The van der Waals surface area contributed by atoms with Gasteiger partial charge in [-0.25, -0.2) is 19.9 Å². The van der Waals surface area contributed by atoms with Crippen LogP contribution >= 0.6 is 0 Å². The topological polar surface area (TPSA) is 95.0 Å². The molecule has 0 atom stereocenters. The van der Waals surface area contributed by atoms with Crippen molar-refractivity contribution in [2.45, 2.75) is 39.5 Å². The molecule has 10 nitrogen and oxygen atoms in total. The van der Waals surface area contributed by atoms with Crippen LogP contribution in [0.3, 0.4) is 0 Å². The number of ether oxygens (including phenoxy) is 4. The Morgan fingerprint density at radius 3 is 0.974 bits per heavy atom. The predicted molar refractivity (Wildman–Crippen MR) is 149 cm³/mol. The molecule has 2 aromatic heterocycles. The number of unbranched alkanes of at least 4 members (excludes halogenated alkanes) is 2. The van der Waals surface area contributed by atoms with Gasteiger partial charge < -0.3 is 28.7 Å². The van der Waals surface area contributed by atoms with Crippen molar-refractivity contribution in [3.8, 4) is 23.0 Å². The summed E-state index contributed by atoms with van der Waals surface area (Å²) in [7, 11) is 6.55. The maximum Gasteiger partial charge on any atom is 0.178 e. The summed E-state index contributed by atoms with van der Waals surface area (Å²) < 4.78 is 22.6. The first kappa shape index (κ1) is 25.6. The highest BCUT2D eigenvalue weighted by Gasteiger charge is 2.35. The lowest BCUT2D eigenvalue weighted by atomic mass is 10.2. The molecule has 0 aliphatic carbocycles. The van der Waals surface area contributed by atoms with E-state index in [9.17, 15) is 0 Å². The van der Waals surface area contributed by atoms with Crippen LogP contribution in [0.2, 0.25) is 0 Å². The molecule has 38 heavy (non-hydrogen) atoms. The van der Waals surface area contributed by atoms with Gasteiger partial charge >= 0.3 is 0 Å². The van der Waals surface area contributed by atoms with Crippen LogP contribution in [0.5, 0.6) is 23.0 Å². The lowest BCUT2D eigenvalue weighted by Crippen LogP contribution is -2.34. The molecular formula is C28H34N6O4. The summed E-state index contributed by atoms with van der Waals surface area (Å²) in [6, 6.07) is 7.42. The minimum atomic E-state index is 0.633. The maximum atomic E-state index is 5.66. The Morgan fingerprint density at radius 2 is 0.763 bits per heavy atom. The monoisotopic (exact) mass is 518 g/mol. The molecule has 0 N–H and O–H groups in total. The van der Waals surface area contributed by atoms with E-state index in [0.29, 0.717) is 58.2 Å². The Hall–Kier alpha value is -4.08. The molecule has 200 valence electrons. The lowest BCUT2D eigenvalue weighted by molar-refractivity contribution is 0.409. The van der Waals surface area contributed by atoms with Crippen molar-refractivity contribution in [1.29, 1.82) is 0 Å². The van der Waals surface area contributed by atoms with E-state index in [1.54, 1.807) is 28.4 Å². The molecule has 0 unspecified atom stereocenters. The first-order valence-corrected chi connectivity index (χ1v) is 13.0. The van der Waals surface area contributed by atoms with Gasteiger partial charge in [-0.3, -0.25) is 0 Å². The molecule has 0 saturated heterocycles. The van der Waals surface area contributed by atoms with Crippen LogP contribution in [-0.2, 0) is 0 Å². The molecule has 0 amide bonds. The van der Waals surface area contributed by atoms with E-state index in [1.165, 1.54) is 0 Å². The van der Waals surface area contributed by atoms with E-state index in [4.69, 9.17) is 38.9 Å². The van der Waals surface area contributed by atoms with Gasteiger partial charge in [0.1, 0.15) is 45.1 Å². The highest BCUT2D eigenvalue weighted by Crippen LogP contribution is 2.48. The van der Waals surface area contributed by atoms with Gasteiger partial charge in [-0.15, -0.1) is 0 Å². The molecule has 0 radical (unpaired) electrons. The van der Waals surface area contributed by atoms with Crippen molar-refractivity contribution in [3.63, 3.8) is 0 Å². The number of fused-ring (bicyclic) bond motifs is 4. The van der Waals surface area contributed by atoms with Gasteiger partial charge in [0.2, 0.25) is 0 Å². The van der Waals surface area contributed by atoms with Gasteiger partial charge in [0.15, 0.2) is 23.3 Å². The van der Waals surface area contributed by atoms with Crippen molar-refractivity contribution in [2.24, 2.45) is 0 Å². The summed E-state index contributed by atoms with van der Waals surface area (Å²) >= 11 is 0. The van der Waals surface area contributed by atoms with E-state index >= 15 is 0 Å². The Kier molecular flexibility index (Phi) is 7.22. The van der Waals surface area contributed by atoms with Crippen LogP contribution in [-0.4, -0.2) is 61.5 Å². The second-order valence-electron chi connectivity index (χ2n) is 9.09. The summed E-state index contributed by atoms with van der Waals surface area (Å²) in [4.78, 5) is 24.8. The number of anilines is 4. The molecular weight excluding hydrogens is 484 g/mol. The zero-order valence-corrected chi connectivity index (χ0v) is 22.9.